The average molecular weight is 423 g/mol. The zero-order valence-corrected chi connectivity index (χ0v) is 17.4. The molecule has 0 aliphatic rings. The molecular weight excluding hydrogens is 404 g/mol. The van der Waals surface area contributed by atoms with Crippen LogP contribution in [0.15, 0.2) is 66.7 Å². The fourth-order valence-electron chi connectivity index (χ4n) is 3.24. The summed E-state index contributed by atoms with van der Waals surface area (Å²) >= 11 is 11.3. The van der Waals surface area contributed by atoms with Crippen LogP contribution in [-0.2, 0) is 17.9 Å². The minimum atomic E-state index is -0.0501. The number of nitrogens with one attached hydrogen (secondary N) is 1. The van der Waals surface area contributed by atoms with E-state index < -0.39 is 0 Å². The van der Waals surface area contributed by atoms with Gasteiger partial charge in [0, 0.05) is 24.2 Å². The lowest BCUT2D eigenvalue weighted by atomic mass is 10.1. The van der Waals surface area contributed by atoms with Crippen molar-refractivity contribution in [1.29, 1.82) is 0 Å². The summed E-state index contributed by atoms with van der Waals surface area (Å²) in [7, 11) is 1.79. The number of halogens is 1. The van der Waals surface area contributed by atoms with Crippen LogP contribution >= 0.6 is 23.8 Å². The minimum absolute atomic E-state index is 0.0501. The highest BCUT2D eigenvalue weighted by molar-refractivity contribution is 7.71. The Bertz CT molecular complexity index is 1230. The molecule has 0 unspecified atom stereocenters. The molecule has 0 spiro atoms. The first kappa shape index (κ1) is 19.4. The van der Waals surface area contributed by atoms with Crippen LogP contribution in [0.3, 0.4) is 0 Å². The summed E-state index contributed by atoms with van der Waals surface area (Å²) in [5, 5.41) is 10.0. The Morgan fingerprint density at radius 2 is 1.83 bits per heavy atom. The second-order valence-corrected chi connectivity index (χ2v) is 7.70. The van der Waals surface area contributed by atoms with Gasteiger partial charge in [-0.05, 0) is 58.9 Å². The smallest absolute Gasteiger partial charge is 0.242 e. The Morgan fingerprint density at radius 3 is 2.59 bits per heavy atom. The van der Waals surface area contributed by atoms with Crippen molar-refractivity contribution in [2.24, 2.45) is 0 Å². The van der Waals surface area contributed by atoms with Crippen LogP contribution in [0.2, 0.25) is 5.02 Å². The lowest BCUT2D eigenvalue weighted by Crippen LogP contribution is -2.30. The molecule has 0 atom stereocenters. The van der Waals surface area contributed by atoms with Crippen LogP contribution in [0.5, 0.6) is 0 Å². The van der Waals surface area contributed by atoms with Gasteiger partial charge in [-0.25, -0.2) is 0 Å². The Labute approximate surface area is 178 Å². The minimum Gasteiger partial charge on any atom is -0.340 e. The predicted octanol–water partition coefficient (Wildman–Crippen LogP) is 5.07. The molecule has 1 aromatic heterocycles. The van der Waals surface area contributed by atoms with Gasteiger partial charge in [-0.2, -0.15) is 5.10 Å². The van der Waals surface area contributed by atoms with Gasteiger partial charge in [0.05, 0.1) is 0 Å². The highest BCUT2D eigenvalue weighted by Gasteiger charge is 2.15. The van der Waals surface area contributed by atoms with Gasteiger partial charge in [0.25, 0.3) is 0 Å². The molecule has 0 aliphatic carbocycles. The van der Waals surface area contributed by atoms with Crippen LogP contribution in [0.1, 0.15) is 5.56 Å². The number of aromatic amines is 1. The molecule has 1 N–H and O–H groups in total. The average Bonchev–Trinajstić information content (AvgIpc) is 3.08. The van der Waals surface area contributed by atoms with E-state index in [2.05, 4.69) is 40.5 Å². The fourth-order valence-corrected chi connectivity index (χ4v) is 3.56. The van der Waals surface area contributed by atoms with Gasteiger partial charge in [0.1, 0.15) is 6.54 Å². The molecule has 0 saturated heterocycles. The Balaban J connectivity index is 1.52. The first-order valence-electron chi connectivity index (χ1n) is 9.14. The third-order valence-corrected chi connectivity index (χ3v) is 5.38. The van der Waals surface area contributed by atoms with Crippen molar-refractivity contribution in [1.82, 2.24) is 19.7 Å². The largest absolute Gasteiger partial charge is 0.340 e. The van der Waals surface area contributed by atoms with Crippen LogP contribution in [-0.4, -0.2) is 32.6 Å². The molecule has 0 bridgehead atoms. The summed E-state index contributed by atoms with van der Waals surface area (Å²) in [6.45, 7) is 0.627. The number of benzene rings is 3. The van der Waals surface area contributed by atoms with Crippen molar-refractivity contribution in [2.75, 3.05) is 7.05 Å². The van der Waals surface area contributed by atoms with Gasteiger partial charge >= 0.3 is 0 Å². The van der Waals surface area contributed by atoms with Gasteiger partial charge in [-0.15, -0.1) is 0 Å². The molecule has 3 aromatic carbocycles. The van der Waals surface area contributed by atoms with E-state index in [-0.39, 0.29) is 12.5 Å². The summed E-state index contributed by atoms with van der Waals surface area (Å²) in [6, 6.07) is 21.7. The van der Waals surface area contributed by atoms with Crippen molar-refractivity contribution in [3.63, 3.8) is 0 Å². The molecular formula is C22H19ClN4OS. The number of H-pyrrole nitrogens is 1. The predicted molar refractivity (Wildman–Crippen MR) is 118 cm³/mol. The van der Waals surface area contributed by atoms with Crippen molar-refractivity contribution in [3.05, 3.63) is 82.1 Å². The normalized spacial score (nSPS) is 11.0. The number of rotatable bonds is 5. The van der Waals surface area contributed by atoms with Crippen LogP contribution in [0.4, 0.5) is 0 Å². The highest BCUT2D eigenvalue weighted by Crippen LogP contribution is 2.21. The Hall–Kier alpha value is -2.96. The number of aromatic nitrogens is 3. The third-order valence-electron chi connectivity index (χ3n) is 4.81. The van der Waals surface area contributed by atoms with Gasteiger partial charge in [-0.1, -0.05) is 48.0 Å². The van der Waals surface area contributed by atoms with E-state index in [0.717, 1.165) is 16.5 Å². The number of fused-ring (bicyclic) bond motifs is 1. The molecule has 29 heavy (non-hydrogen) atoms. The van der Waals surface area contributed by atoms with Crippen molar-refractivity contribution >= 4 is 40.5 Å². The standard InChI is InChI=1S/C22H19ClN4OS/c1-26(13-15-6-7-16-4-2-3-5-18(16)12-15)20(28)14-27-21(24-25-22(27)29)17-8-10-19(23)11-9-17/h2-12H,13-14H2,1H3,(H,25,29). The second-order valence-electron chi connectivity index (χ2n) is 6.88. The Morgan fingerprint density at radius 1 is 1.10 bits per heavy atom. The summed E-state index contributed by atoms with van der Waals surface area (Å²) in [4.78, 5) is 14.6. The first-order valence-corrected chi connectivity index (χ1v) is 9.93. The monoisotopic (exact) mass is 422 g/mol. The number of carbonyl (C=O) groups is 1. The molecule has 1 heterocycles. The van der Waals surface area contributed by atoms with E-state index in [0.29, 0.717) is 22.2 Å². The second kappa shape index (κ2) is 8.19. The zero-order chi connectivity index (χ0) is 20.4. The highest BCUT2D eigenvalue weighted by atomic mass is 35.5. The van der Waals surface area contributed by atoms with Gasteiger partial charge in [0.2, 0.25) is 5.91 Å². The van der Waals surface area contributed by atoms with Gasteiger partial charge < -0.3 is 4.90 Å². The van der Waals surface area contributed by atoms with E-state index in [1.807, 2.05) is 24.3 Å². The van der Waals surface area contributed by atoms with E-state index in [4.69, 9.17) is 23.8 Å². The topological polar surface area (TPSA) is 53.9 Å². The number of amides is 1. The fraction of sp³-hybridized carbons (Fsp3) is 0.136. The zero-order valence-electron chi connectivity index (χ0n) is 15.8. The molecule has 4 aromatic rings. The SMILES string of the molecule is CN(Cc1ccc2ccccc2c1)C(=O)Cn1c(-c2ccc(Cl)cc2)n[nH]c1=S. The molecule has 1 amide bonds. The van der Waals surface area contributed by atoms with Crippen molar-refractivity contribution in [2.45, 2.75) is 13.1 Å². The van der Waals surface area contributed by atoms with Crippen molar-refractivity contribution < 1.29 is 4.79 Å². The number of likely N-dealkylation sites (N-methyl/N-ethyl adjacent to an activating group) is 1. The maximum absolute atomic E-state index is 12.9. The molecule has 0 fully saturated rings. The van der Waals surface area contributed by atoms with Gasteiger partial charge in [0.15, 0.2) is 10.6 Å². The summed E-state index contributed by atoms with van der Waals surface area (Å²) in [6.07, 6.45) is 0. The quantitative estimate of drug-likeness (QED) is 0.456. The molecule has 146 valence electrons. The maximum atomic E-state index is 12.9. The Kier molecular flexibility index (Phi) is 5.47. The lowest BCUT2D eigenvalue weighted by molar-refractivity contribution is -0.131. The molecule has 4 rings (SSSR count). The number of carbonyl (C=O) groups excluding carboxylic acids is 1. The molecule has 0 aliphatic heterocycles. The van der Waals surface area contributed by atoms with E-state index in [9.17, 15) is 4.79 Å². The summed E-state index contributed by atoms with van der Waals surface area (Å²) in [5.74, 6) is 0.560. The van der Waals surface area contributed by atoms with Crippen LogP contribution in [0, 0.1) is 4.77 Å². The molecule has 0 radical (unpaired) electrons. The molecule has 0 saturated carbocycles. The van der Waals surface area contributed by atoms with Crippen LogP contribution in [0.25, 0.3) is 22.2 Å². The maximum Gasteiger partial charge on any atom is 0.242 e. The van der Waals surface area contributed by atoms with E-state index in [1.54, 1.807) is 28.6 Å². The molecule has 7 heteroatoms. The van der Waals surface area contributed by atoms with E-state index in [1.165, 1.54) is 5.39 Å². The number of hydrogen-bond donors (Lipinski definition) is 1. The van der Waals surface area contributed by atoms with Gasteiger partial charge in [-0.3, -0.25) is 14.5 Å². The van der Waals surface area contributed by atoms with Crippen LogP contribution < -0.4 is 0 Å². The molecule has 5 nitrogen and oxygen atoms in total. The summed E-state index contributed by atoms with van der Waals surface area (Å²) in [5.41, 5.74) is 1.92. The summed E-state index contributed by atoms with van der Waals surface area (Å²) < 4.78 is 2.11. The number of nitrogens with zero attached hydrogens (tertiary/aromatic N) is 3. The van der Waals surface area contributed by atoms with E-state index >= 15 is 0 Å². The first-order chi connectivity index (χ1) is 14.0. The number of hydrogen-bond acceptors (Lipinski definition) is 3. The third kappa shape index (κ3) is 4.23. The lowest BCUT2D eigenvalue weighted by Gasteiger charge is -2.18. The van der Waals surface area contributed by atoms with Crippen molar-refractivity contribution in [3.8, 4) is 11.4 Å².